The normalized spacial score (nSPS) is 9.30. The van der Waals surface area contributed by atoms with Crippen LogP contribution in [-0.2, 0) is 0 Å². The molecule has 0 spiro atoms. The SMILES string of the molecule is N#CCCNc1cc(Nc2cccc(C#N)c2)ncn1. The van der Waals surface area contributed by atoms with Crippen molar-refractivity contribution in [2.45, 2.75) is 6.42 Å². The van der Waals surface area contributed by atoms with Crippen LogP contribution in [0, 0.1) is 22.7 Å². The fourth-order valence-electron chi connectivity index (χ4n) is 1.58. The van der Waals surface area contributed by atoms with Gasteiger partial charge < -0.3 is 10.6 Å². The van der Waals surface area contributed by atoms with Gasteiger partial charge in [-0.25, -0.2) is 9.97 Å². The highest BCUT2D eigenvalue weighted by Gasteiger charge is 2.00. The molecule has 0 saturated heterocycles. The zero-order valence-electron chi connectivity index (χ0n) is 10.7. The number of nitriles is 2. The van der Waals surface area contributed by atoms with Crippen molar-refractivity contribution >= 4 is 17.3 Å². The first-order chi connectivity index (χ1) is 9.81. The average Bonchev–Trinajstić information content (AvgIpc) is 2.48. The number of benzene rings is 1. The Morgan fingerprint density at radius 2 is 1.95 bits per heavy atom. The molecule has 20 heavy (non-hydrogen) atoms. The molecule has 0 saturated carbocycles. The van der Waals surface area contributed by atoms with Crippen LogP contribution >= 0.6 is 0 Å². The Morgan fingerprint density at radius 1 is 1.10 bits per heavy atom. The maximum atomic E-state index is 8.85. The molecule has 0 aliphatic heterocycles. The molecule has 0 bridgehead atoms. The summed E-state index contributed by atoms with van der Waals surface area (Å²) in [6.07, 6.45) is 1.85. The average molecular weight is 264 g/mol. The van der Waals surface area contributed by atoms with Gasteiger partial charge in [0.2, 0.25) is 0 Å². The molecule has 1 heterocycles. The molecule has 0 atom stereocenters. The maximum absolute atomic E-state index is 8.85. The van der Waals surface area contributed by atoms with Gasteiger partial charge in [0.25, 0.3) is 0 Å². The van der Waals surface area contributed by atoms with Crippen LogP contribution in [-0.4, -0.2) is 16.5 Å². The third-order valence-corrected chi connectivity index (χ3v) is 2.47. The Labute approximate surface area is 116 Å². The summed E-state index contributed by atoms with van der Waals surface area (Å²) >= 11 is 0. The van der Waals surface area contributed by atoms with Crippen LogP contribution in [0.4, 0.5) is 17.3 Å². The third kappa shape index (κ3) is 3.69. The molecule has 2 rings (SSSR count). The lowest BCUT2D eigenvalue weighted by molar-refractivity contribution is 1.04. The van der Waals surface area contributed by atoms with Crippen LogP contribution in [0.2, 0.25) is 0 Å². The number of nitrogens with one attached hydrogen (secondary N) is 2. The monoisotopic (exact) mass is 264 g/mol. The van der Waals surface area contributed by atoms with Crippen LogP contribution in [0.25, 0.3) is 0 Å². The van der Waals surface area contributed by atoms with E-state index >= 15 is 0 Å². The predicted octanol–water partition coefficient (Wildman–Crippen LogP) is 2.42. The first-order valence-corrected chi connectivity index (χ1v) is 6.02. The van der Waals surface area contributed by atoms with Gasteiger partial charge in [0.05, 0.1) is 24.1 Å². The Morgan fingerprint density at radius 3 is 2.75 bits per heavy atom. The van der Waals surface area contributed by atoms with E-state index in [2.05, 4.69) is 32.7 Å². The molecule has 0 amide bonds. The maximum Gasteiger partial charge on any atom is 0.135 e. The van der Waals surface area contributed by atoms with Crippen LogP contribution in [0.5, 0.6) is 0 Å². The van der Waals surface area contributed by atoms with Crippen molar-refractivity contribution in [3.05, 3.63) is 42.2 Å². The largest absolute Gasteiger partial charge is 0.369 e. The second kappa shape index (κ2) is 6.72. The van der Waals surface area contributed by atoms with Gasteiger partial charge in [0.15, 0.2) is 0 Å². The van der Waals surface area contributed by atoms with E-state index in [0.29, 0.717) is 30.2 Å². The van der Waals surface area contributed by atoms with E-state index in [9.17, 15) is 0 Å². The number of rotatable bonds is 5. The van der Waals surface area contributed by atoms with Crippen LogP contribution in [0.3, 0.4) is 0 Å². The quantitative estimate of drug-likeness (QED) is 0.805. The molecule has 1 aromatic heterocycles. The van der Waals surface area contributed by atoms with Crippen molar-refractivity contribution in [2.75, 3.05) is 17.2 Å². The predicted molar refractivity (Wildman–Crippen MR) is 75.2 cm³/mol. The van der Waals surface area contributed by atoms with Crippen molar-refractivity contribution in [2.24, 2.45) is 0 Å². The second-order valence-electron chi connectivity index (χ2n) is 3.94. The minimum Gasteiger partial charge on any atom is -0.369 e. The van der Waals surface area contributed by atoms with E-state index in [-0.39, 0.29) is 0 Å². The standard InChI is InChI=1S/C14H12N6/c15-5-2-6-17-13-8-14(19-10-18-13)20-12-4-1-3-11(7-12)9-16/h1,3-4,7-8,10H,2,6H2,(H2,17,18,19,20). The Hall–Kier alpha value is -3.12. The minimum absolute atomic E-state index is 0.414. The van der Waals surface area contributed by atoms with E-state index in [1.54, 1.807) is 24.3 Å². The lowest BCUT2D eigenvalue weighted by Gasteiger charge is -2.07. The van der Waals surface area contributed by atoms with Gasteiger partial charge in [-0.2, -0.15) is 10.5 Å². The molecule has 98 valence electrons. The first kappa shape index (κ1) is 13.3. The van der Waals surface area contributed by atoms with Crippen molar-refractivity contribution in [1.82, 2.24) is 9.97 Å². The van der Waals surface area contributed by atoms with Crippen molar-refractivity contribution in [3.8, 4) is 12.1 Å². The zero-order chi connectivity index (χ0) is 14.2. The topological polar surface area (TPSA) is 97.4 Å². The van der Waals surface area contributed by atoms with Gasteiger partial charge >= 0.3 is 0 Å². The molecule has 0 fully saturated rings. The summed E-state index contributed by atoms with van der Waals surface area (Å²) in [7, 11) is 0. The van der Waals surface area contributed by atoms with Crippen molar-refractivity contribution in [1.29, 1.82) is 10.5 Å². The molecular weight excluding hydrogens is 252 g/mol. The highest BCUT2D eigenvalue weighted by Crippen LogP contribution is 2.17. The fourth-order valence-corrected chi connectivity index (χ4v) is 1.58. The Bertz CT molecular complexity index is 668. The molecular formula is C14H12N6. The molecule has 6 nitrogen and oxygen atoms in total. The fraction of sp³-hybridized carbons (Fsp3) is 0.143. The van der Waals surface area contributed by atoms with Crippen LogP contribution in [0.15, 0.2) is 36.7 Å². The molecule has 0 aliphatic carbocycles. The second-order valence-corrected chi connectivity index (χ2v) is 3.94. The summed E-state index contributed by atoms with van der Waals surface area (Å²) in [5, 5.41) is 23.5. The zero-order valence-corrected chi connectivity index (χ0v) is 10.7. The number of anilines is 3. The van der Waals surface area contributed by atoms with Gasteiger partial charge in [0.1, 0.15) is 18.0 Å². The molecule has 2 aromatic rings. The summed E-state index contributed by atoms with van der Waals surface area (Å²) in [5.41, 5.74) is 1.36. The summed E-state index contributed by atoms with van der Waals surface area (Å²) in [6, 6.07) is 13.0. The van der Waals surface area contributed by atoms with E-state index in [0.717, 1.165) is 5.69 Å². The van der Waals surface area contributed by atoms with Gasteiger partial charge in [-0.3, -0.25) is 0 Å². The van der Waals surface area contributed by atoms with Crippen molar-refractivity contribution in [3.63, 3.8) is 0 Å². The molecule has 0 aliphatic rings. The Balaban J connectivity index is 2.07. The molecule has 6 heteroatoms. The van der Waals surface area contributed by atoms with Crippen molar-refractivity contribution < 1.29 is 0 Å². The molecule has 1 aromatic carbocycles. The number of hydrogen-bond donors (Lipinski definition) is 2. The summed E-state index contributed by atoms with van der Waals surface area (Å²) < 4.78 is 0. The van der Waals surface area contributed by atoms with E-state index in [1.165, 1.54) is 6.33 Å². The van der Waals surface area contributed by atoms with Gasteiger partial charge in [-0.05, 0) is 18.2 Å². The lowest BCUT2D eigenvalue weighted by Crippen LogP contribution is -2.03. The van der Waals surface area contributed by atoms with E-state index in [1.807, 2.05) is 6.07 Å². The lowest BCUT2D eigenvalue weighted by atomic mass is 10.2. The third-order valence-electron chi connectivity index (χ3n) is 2.47. The number of hydrogen-bond acceptors (Lipinski definition) is 6. The molecule has 0 radical (unpaired) electrons. The highest BCUT2D eigenvalue weighted by molar-refractivity contribution is 5.60. The number of aromatic nitrogens is 2. The Kier molecular flexibility index (Phi) is 4.47. The summed E-state index contributed by atoms with van der Waals surface area (Å²) in [6.45, 7) is 0.539. The number of nitrogens with zero attached hydrogens (tertiary/aromatic N) is 4. The minimum atomic E-state index is 0.414. The molecule has 2 N–H and O–H groups in total. The summed E-state index contributed by atoms with van der Waals surface area (Å²) in [5.74, 6) is 1.27. The summed E-state index contributed by atoms with van der Waals surface area (Å²) in [4.78, 5) is 8.17. The van der Waals surface area contributed by atoms with Crippen LogP contribution < -0.4 is 10.6 Å². The van der Waals surface area contributed by atoms with Gasteiger partial charge in [-0.1, -0.05) is 6.07 Å². The van der Waals surface area contributed by atoms with E-state index in [4.69, 9.17) is 10.5 Å². The van der Waals surface area contributed by atoms with E-state index < -0.39 is 0 Å². The smallest absolute Gasteiger partial charge is 0.135 e. The first-order valence-electron chi connectivity index (χ1n) is 6.02. The highest BCUT2D eigenvalue weighted by atomic mass is 15.1. The van der Waals surface area contributed by atoms with Gasteiger partial charge in [0, 0.05) is 18.3 Å². The molecule has 0 unspecified atom stereocenters. The van der Waals surface area contributed by atoms with Gasteiger partial charge in [-0.15, -0.1) is 0 Å². The van der Waals surface area contributed by atoms with Crippen LogP contribution in [0.1, 0.15) is 12.0 Å².